The van der Waals surface area contributed by atoms with Gasteiger partial charge in [0.2, 0.25) is 0 Å². The maximum absolute atomic E-state index is 12.9. The quantitative estimate of drug-likeness (QED) is 0.320. The number of imidazole rings is 1. The molecule has 5 rings (SSSR count). The molecule has 0 unspecified atom stereocenters. The SMILES string of the molecule is Cl.O=C(CCC1CCN(Cc2ccccc2)CC1)c1ccc2nc(-c3ccccc3)[nH]c2c1. The highest BCUT2D eigenvalue weighted by atomic mass is 35.5. The molecule has 0 bridgehead atoms. The second-order valence-electron chi connectivity index (χ2n) is 8.85. The number of aromatic amines is 1. The van der Waals surface area contributed by atoms with Gasteiger partial charge in [0.25, 0.3) is 0 Å². The number of piperidine rings is 1. The van der Waals surface area contributed by atoms with E-state index in [0.717, 1.165) is 54.0 Å². The Balaban J connectivity index is 0.00000259. The Morgan fingerprint density at radius 2 is 1.64 bits per heavy atom. The van der Waals surface area contributed by atoms with E-state index in [0.29, 0.717) is 12.3 Å². The van der Waals surface area contributed by atoms with Crippen LogP contribution in [0.1, 0.15) is 41.6 Å². The fraction of sp³-hybridized carbons (Fsp3) is 0.286. The van der Waals surface area contributed by atoms with Gasteiger partial charge >= 0.3 is 0 Å². The zero-order valence-corrected chi connectivity index (χ0v) is 19.6. The molecule has 4 nitrogen and oxygen atoms in total. The van der Waals surface area contributed by atoms with Crippen molar-refractivity contribution in [2.45, 2.75) is 32.2 Å². The number of fused-ring (bicyclic) bond motifs is 1. The van der Waals surface area contributed by atoms with Crippen molar-refractivity contribution in [1.29, 1.82) is 0 Å². The van der Waals surface area contributed by atoms with E-state index in [4.69, 9.17) is 0 Å². The predicted molar refractivity (Wildman–Crippen MR) is 137 cm³/mol. The van der Waals surface area contributed by atoms with Gasteiger partial charge < -0.3 is 4.98 Å². The van der Waals surface area contributed by atoms with Crippen LogP contribution in [0.2, 0.25) is 0 Å². The minimum absolute atomic E-state index is 0. The molecule has 1 saturated heterocycles. The van der Waals surface area contributed by atoms with Crippen molar-refractivity contribution >= 4 is 29.2 Å². The normalized spacial score (nSPS) is 14.8. The highest BCUT2D eigenvalue weighted by Crippen LogP contribution is 2.25. The van der Waals surface area contributed by atoms with Crippen LogP contribution in [0, 0.1) is 5.92 Å². The molecule has 4 aromatic rings. The molecule has 0 saturated carbocycles. The first-order chi connectivity index (χ1) is 15.7. The molecule has 0 amide bonds. The summed E-state index contributed by atoms with van der Waals surface area (Å²) >= 11 is 0. The molecule has 0 spiro atoms. The molecule has 1 N–H and O–H groups in total. The fourth-order valence-corrected chi connectivity index (χ4v) is 4.67. The second kappa shape index (κ2) is 10.8. The van der Waals surface area contributed by atoms with Gasteiger partial charge in [0.1, 0.15) is 5.82 Å². The summed E-state index contributed by atoms with van der Waals surface area (Å²) in [6.07, 6.45) is 3.96. The van der Waals surface area contributed by atoms with E-state index >= 15 is 0 Å². The first-order valence-electron chi connectivity index (χ1n) is 11.6. The summed E-state index contributed by atoms with van der Waals surface area (Å²) in [5.41, 5.74) is 5.03. The molecule has 1 aliphatic rings. The molecule has 2 heterocycles. The van der Waals surface area contributed by atoms with E-state index in [2.05, 4.69) is 45.2 Å². The van der Waals surface area contributed by atoms with E-state index in [1.54, 1.807) is 0 Å². The summed E-state index contributed by atoms with van der Waals surface area (Å²) in [6.45, 7) is 3.27. The Hall–Kier alpha value is -2.95. The van der Waals surface area contributed by atoms with Gasteiger partial charge in [0.05, 0.1) is 11.0 Å². The van der Waals surface area contributed by atoms with Crippen molar-refractivity contribution < 1.29 is 4.79 Å². The van der Waals surface area contributed by atoms with E-state index in [1.165, 1.54) is 18.4 Å². The molecule has 170 valence electrons. The highest BCUT2D eigenvalue weighted by Gasteiger charge is 2.20. The fourth-order valence-electron chi connectivity index (χ4n) is 4.67. The van der Waals surface area contributed by atoms with Crippen LogP contribution in [0.15, 0.2) is 78.9 Å². The lowest BCUT2D eigenvalue weighted by molar-refractivity contribution is 0.0961. The number of nitrogens with zero attached hydrogens (tertiary/aromatic N) is 2. The number of H-pyrrole nitrogens is 1. The van der Waals surface area contributed by atoms with Gasteiger partial charge in [-0.2, -0.15) is 0 Å². The summed E-state index contributed by atoms with van der Waals surface area (Å²) < 4.78 is 0. The number of Topliss-reactive ketones (excluding diaryl/α,β-unsaturated/α-hetero) is 1. The number of hydrogen-bond donors (Lipinski definition) is 1. The van der Waals surface area contributed by atoms with Gasteiger partial charge in [0, 0.05) is 24.1 Å². The molecule has 0 radical (unpaired) electrons. The Morgan fingerprint density at radius 3 is 2.36 bits per heavy atom. The van der Waals surface area contributed by atoms with Gasteiger partial charge in [-0.15, -0.1) is 12.4 Å². The van der Waals surface area contributed by atoms with Gasteiger partial charge in [-0.05, 0) is 62.0 Å². The standard InChI is InChI=1S/C28H29N3O.ClH/c32-27(14-11-21-15-17-31(18-16-21)20-22-7-3-1-4-8-22)24-12-13-25-26(19-24)30-28(29-25)23-9-5-2-6-10-23;/h1-10,12-13,19,21H,11,14-18,20H2,(H,29,30);1H. The Kier molecular flexibility index (Phi) is 7.58. The maximum Gasteiger partial charge on any atom is 0.162 e. The summed E-state index contributed by atoms with van der Waals surface area (Å²) in [5.74, 6) is 1.72. The summed E-state index contributed by atoms with van der Waals surface area (Å²) in [4.78, 5) is 23.4. The van der Waals surface area contributed by atoms with Crippen LogP contribution in [-0.4, -0.2) is 33.7 Å². The van der Waals surface area contributed by atoms with Crippen molar-refractivity contribution in [3.05, 3.63) is 90.0 Å². The van der Waals surface area contributed by atoms with Crippen LogP contribution < -0.4 is 0 Å². The van der Waals surface area contributed by atoms with Crippen LogP contribution in [-0.2, 0) is 6.54 Å². The number of aromatic nitrogens is 2. The van der Waals surface area contributed by atoms with Crippen LogP contribution in [0.25, 0.3) is 22.4 Å². The summed E-state index contributed by atoms with van der Waals surface area (Å²) in [7, 11) is 0. The van der Waals surface area contributed by atoms with E-state index in [-0.39, 0.29) is 18.2 Å². The number of carbonyl (C=O) groups excluding carboxylic acids is 1. The zero-order valence-electron chi connectivity index (χ0n) is 18.7. The van der Waals surface area contributed by atoms with Crippen LogP contribution in [0.5, 0.6) is 0 Å². The smallest absolute Gasteiger partial charge is 0.162 e. The van der Waals surface area contributed by atoms with Crippen molar-refractivity contribution in [3.63, 3.8) is 0 Å². The van der Waals surface area contributed by atoms with Crippen molar-refractivity contribution in [1.82, 2.24) is 14.9 Å². The number of halogens is 1. The third-order valence-electron chi connectivity index (χ3n) is 6.59. The number of nitrogens with one attached hydrogen (secondary N) is 1. The molecular formula is C28H30ClN3O. The highest BCUT2D eigenvalue weighted by molar-refractivity contribution is 5.99. The van der Waals surface area contributed by atoms with Crippen molar-refractivity contribution in [2.75, 3.05) is 13.1 Å². The Labute approximate surface area is 201 Å². The summed E-state index contributed by atoms with van der Waals surface area (Å²) in [5, 5.41) is 0. The number of likely N-dealkylation sites (tertiary alicyclic amines) is 1. The number of rotatable bonds is 7. The lowest BCUT2D eigenvalue weighted by Gasteiger charge is -2.32. The van der Waals surface area contributed by atoms with Gasteiger partial charge in [0.15, 0.2) is 5.78 Å². The molecular weight excluding hydrogens is 430 g/mol. The van der Waals surface area contributed by atoms with Gasteiger partial charge in [-0.3, -0.25) is 9.69 Å². The molecule has 1 fully saturated rings. The van der Waals surface area contributed by atoms with E-state index in [9.17, 15) is 4.79 Å². The lowest BCUT2D eigenvalue weighted by Crippen LogP contribution is -2.33. The first-order valence-corrected chi connectivity index (χ1v) is 11.6. The molecule has 0 atom stereocenters. The van der Waals surface area contributed by atoms with Crippen LogP contribution in [0.3, 0.4) is 0 Å². The molecule has 3 aromatic carbocycles. The average Bonchev–Trinajstić information content (AvgIpc) is 3.28. The van der Waals surface area contributed by atoms with E-state index in [1.807, 2.05) is 48.5 Å². The van der Waals surface area contributed by atoms with Crippen molar-refractivity contribution in [2.24, 2.45) is 5.92 Å². The van der Waals surface area contributed by atoms with Gasteiger partial charge in [-0.1, -0.05) is 60.7 Å². The molecule has 0 aliphatic carbocycles. The minimum atomic E-state index is 0. The first kappa shape index (κ1) is 23.2. The summed E-state index contributed by atoms with van der Waals surface area (Å²) in [6, 6.07) is 26.6. The molecule has 1 aromatic heterocycles. The average molecular weight is 460 g/mol. The lowest BCUT2D eigenvalue weighted by atomic mass is 9.90. The van der Waals surface area contributed by atoms with Crippen molar-refractivity contribution in [3.8, 4) is 11.4 Å². The zero-order chi connectivity index (χ0) is 21.8. The largest absolute Gasteiger partial charge is 0.338 e. The number of benzene rings is 3. The Bertz CT molecular complexity index is 1180. The molecule has 5 heteroatoms. The monoisotopic (exact) mass is 459 g/mol. The molecule has 1 aliphatic heterocycles. The van der Waals surface area contributed by atoms with E-state index < -0.39 is 0 Å². The van der Waals surface area contributed by atoms with Crippen LogP contribution >= 0.6 is 12.4 Å². The second-order valence-corrected chi connectivity index (χ2v) is 8.85. The van der Waals surface area contributed by atoms with Gasteiger partial charge in [-0.25, -0.2) is 4.98 Å². The third-order valence-corrected chi connectivity index (χ3v) is 6.59. The number of hydrogen-bond acceptors (Lipinski definition) is 3. The van der Waals surface area contributed by atoms with Crippen LogP contribution in [0.4, 0.5) is 0 Å². The maximum atomic E-state index is 12.9. The number of ketones is 1. The number of carbonyl (C=O) groups is 1. The third kappa shape index (κ3) is 5.70. The predicted octanol–water partition coefficient (Wildman–Crippen LogP) is 6.53. The minimum Gasteiger partial charge on any atom is -0.338 e. The Morgan fingerprint density at radius 1 is 0.939 bits per heavy atom. The topological polar surface area (TPSA) is 49.0 Å². The molecule has 33 heavy (non-hydrogen) atoms.